The van der Waals surface area contributed by atoms with E-state index in [0.717, 1.165) is 79.6 Å². The summed E-state index contributed by atoms with van der Waals surface area (Å²) in [6.45, 7) is 5.10. The van der Waals surface area contributed by atoms with Gasteiger partial charge in [0.15, 0.2) is 5.72 Å². The van der Waals surface area contributed by atoms with Gasteiger partial charge in [0.1, 0.15) is 5.75 Å². The Morgan fingerprint density at radius 1 is 1.00 bits per heavy atom. The van der Waals surface area contributed by atoms with Crippen molar-refractivity contribution in [2.75, 3.05) is 31.0 Å². The highest BCUT2D eigenvalue weighted by Gasteiger charge is 2.54. The standard InChI is InChI=1S/C27H30N2O4S/c1-19-9-11-20(12-10-19)34(30,31)28-25-18-23-24-8-4-5-13-27(24,29-14-16-32-17-15-29)33-26(23)22-7-3-2-6-21(22)25/h2-3,6-7,9-12,18,24,28H,4-5,8,13-17H2,1H3/t24-,27-/m1/s1. The zero-order chi connectivity index (χ0) is 23.3. The molecule has 7 heteroatoms. The quantitative estimate of drug-likeness (QED) is 0.570. The van der Waals surface area contributed by atoms with Crippen LogP contribution in [0.15, 0.2) is 59.5 Å². The molecule has 6 nitrogen and oxygen atoms in total. The fourth-order valence-corrected chi connectivity index (χ4v) is 7.03. The summed E-state index contributed by atoms with van der Waals surface area (Å²) >= 11 is 0. The molecule has 0 radical (unpaired) electrons. The fraction of sp³-hybridized carbons (Fsp3) is 0.407. The lowest BCUT2D eigenvalue weighted by atomic mass is 9.77. The molecule has 0 unspecified atom stereocenters. The Morgan fingerprint density at radius 2 is 1.74 bits per heavy atom. The average molecular weight is 479 g/mol. The van der Waals surface area contributed by atoms with Crippen molar-refractivity contribution in [1.82, 2.24) is 4.90 Å². The van der Waals surface area contributed by atoms with Gasteiger partial charge in [-0.3, -0.25) is 9.62 Å². The molecule has 1 N–H and O–H groups in total. The van der Waals surface area contributed by atoms with Gasteiger partial charge in [0.2, 0.25) is 0 Å². The highest BCUT2D eigenvalue weighted by atomic mass is 32.2. The van der Waals surface area contributed by atoms with E-state index in [1.807, 2.05) is 49.4 Å². The van der Waals surface area contributed by atoms with Gasteiger partial charge in [0.05, 0.1) is 23.8 Å². The number of fused-ring (bicyclic) bond motifs is 5. The van der Waals surface area contributed by atoms with E-state index in [9.17, 15) is 8.42 Å². The number of nitrogens with one attached hydrogen (secondary N) is 1. The van der Waals surface area contributed by atoms with E-state index in [2.05, 4.69) is 9.62 Å². The van der Waals surface area contributed by atoms with E-state index in [-0.39, 0.29) is 16.5 Å². The van der Waals surface area contributed by atoms with Crippen molar-refractivity contribution in [3.63, 3.8) is 0 Å². The van der Waals surface area contributed by atoms with Crippen molar-refractivity contribution in [2.24, 2.45) is 0 Å². The highest BCUT2D eigenvalue weighted by Crippen LogP contribution is 2.57. The molecule has 2 heterocycles. The SMILES string of the molecule is Cc1ccc(S(=O)(=O)Nc2cc3c(c4ccccc24)O[C@]2(N4CCOCC4)CCCC[C@H]32)cc1. The Labute approximate surface area is 200 Å². The Balaban J connectivity index is 1.46. The molecule has 6 rings (SSSR count). The topological polar surface area (TPSA) is 67.9 Å². The number of nitrogens with zero attached hydrogens (tertiary/aromatic N) is 1. The average Bonchev–Trinajstić information content (AvgIpc) is 3.21. The normalized spacial score (nSPS) is 24.9. The van der Waals surface area contributed by atoms with Gasteiger partial charge in [0.25, 0.3) is 10.0 Å². The smallest absolute Gasteiger partial charge is 0.261 e. The second kappa shape index (κ2) is 8.26. The molecule has 0 aromatic heterocycles. The summed E-state index contributed by atoms with van der Waals surface area (Å²) < 4.78 is 42.0. The molecule has 34 heavy (non-hydrogen) atoms. The molecule has 1 saturated heterocycles. The number of hydrogen-bond acceptors (Lipinski definition) is 5. The number of benzene rings is 3. The number of anilines is 1. The molecular formula is C27H30N2O4S. The maximum atomic E-state index is 13.3. The Bertz CT molecular complexity index is 1330. The van der Waals surface area contributed by atoms with Crippen LogP contribution in [0.3, 0.4) is 0 Å². The van der Waals surface area contributed by atoms with E-state index in [1.54, 1.807) is 12.1 Å². The van der Waals surface area contributed by atoms with Crippen molar-refractivity contribution in [3.05, 3.63) is 65.7 Å². The van der Waals surface area contributed by atoms with Gasteiger partial charge in [-0.05, 0) is 38.0 Å². The van der Waals surface area contributed by atoms with Crippen molar-refractivity contribution in [3.8, 4) is 5.75 Å². The first-order valence-electron chi connectivity index (χ1n) is 12.1. The third-order valence-electron chi connectivity index (χ3n) is 7.62. The minimum absolute atomic E-state index is 0.210. The van der Waals surface area contributed by atoms with Crippen LogP contribution in [0.25, 0.3) is 10.8 Å². The van der Waals surface area contributed by atoms with Crippen molar-refractivity contribution in [1.29, 1.82) is 0 Å². The minimum Gasteiger partial charge on any atom is -0.471 e. The number of aryl methyl sites for hydroxylation is 1. The summed E-state index contributed by atoms with van der Waals surface area (Å²) in [5, 5.41) is 1.82. The van der Waals surface area contributed by atoms with Crippen LogP contribution >= 0.6 is 0 Å². The summed E-state index contributed by atoms with van der Waals surface area (Å²) in [6.07, 6.45) is 4.29. The number of ether oxygens (including phenoxy) is 2. The number of sulfonamides is 1. The summed E-state index contributed by atoms with van der Waals surface area (Å²) in [5.74, 6) is 1.12. The summed E-state index contributed by atoms with van der Waals surface area (Å²) in [5.41, 5.74) is 2.38. The molecule has 2 atom stereocenters. The van der Waals surface area contributed by atoms with E-state index in [0.29, 0.717) is 5.69 Å². The Kier molecular flexibility index (Phi) is 5.32. The van der Waals surface area contributed by atoms with E-state index in [1.165, 1.54) is 0 Å². The predicted octanol–water partition coefficient (Wildman–Crippen LogP) is 5.03. The third-order valence-corrected chi connectivity index (χ3v) is 9.00. The number of hydrogen-bond donors (Lipinski definition) is 1. The maximum absolute atomic E-state index is 13.3. The zero-order valence-corrected chi connectivity index (χ0v) is 20.2. The van der Waals surface area contributed by atoms with Gasteiger partial charge in [-0.25, -0.2) is 8.42 Å². The molecule has 0 spiro atoms. The molecular weight excluding hydrogens is 448 g/mol. The van der Waals surface area contributed by atoms with Crippen LogP contribution in [0.1, 0.15) is 42.7 Å². The highest BCUT2D eigenvalue weighted by molar-refractivity contribution is 7.92. The maximum Gasteiger partial charge on any atom is 0.261 e. The lowest BCUT2D eigenvalue weighted by Gasteiger charge is -2.47. The van der Waals surface area contributed by atoms with Crippen LogP contribution in [0.2, 0.25) is 0 Å². The molecule has 0 amide bonds. The summed E-state index contributed by atoms with van der Waals surface area (Å²) in [7, 11) is -3.72. The summed E-state index contributed by atoms with van der Waals surface area (Å²) in [4.78, 5) is 2.73. The largest absolute Gasteiger partial charge is 0.471 e. The molecule has 2 aliphatic heterocycles. The fourth-order valence-electron chi connectivity index (χ4n) is 5.96. The molecule has 3 aliphatic rings. The molecule has 2 fully saturated rings. The van der Waals surface area contributed by atoms with E-state index >= 15 is 0 Å². The predicted molar refractivity (Wildman–Crippen MR) is 133 cm³/mol. The van der Waals surface area contributed by atoms with Crippen LogP contribution in [-0.4, -0.2) is 45.3 Å². The molecule has 178 valence electrons. The number of morpholine rings is 1. The van der Waals surface area contributed by atoms with Crippen molar-refractivity contribution in [2.45, 2.75) is 49.1 Å². The minimum atomic E-state index is -3.72. The Morgan fingerprint density at radius 3 is 2.50 bits per heavy atom. The first kappa shape index (κ1) is 21.9. The van der Waals surface area contributed by atoms with E-state index in [4.69, 9.17) is 9.47 Å². The first-order valence-corrected chi connectivity index (χ1v) is 13.6. The molecule has 3 aromatic rings. The first-order chi connectivity index (χ1) is 16.5. The summed E-state index contributed by atoms with van der Waals surface area (Å²) in [6, 6.07) is 16.9. The lowest BCUT2D eigenvalue weighted by molar-refractivity contribution is -0.138. The molecule has 0 bridgehead atoms. The lowest BCUT2D eigenvalue weighted by Crippen LogP contribution is -2.59. The zero-order valence-electron chi connectivity index (χ0n) is 19.4. The van der Waals surface area contributed by atoms with Crippen LogP contribution in [0.5, 0.6) is 5.75 Å². The molecule has 3 aromatic carbocycles. The van der Waals surface area contributed by atoms with Gasteiger partial charge >= 0.3 is 0 Å². The van der Waals surface area contributed by atoms with Crippen LogP contribution in [0.4, 0.5) is 5.69 Å². The second-order valence-electron chi connectivity index (χ2n) is 9.65. The van der Waals surface area contributed by atoms with Gasteiger partial charge in [-0.1, -0.05) is 48.4 Å². The second-order valence-corrected chi connectivity index (χ2v) is 11.3. The van der Waals surface area contributed by atoms with Gasteiger partial charge in [-0.2, -0.15) is 0 Å². The van der Waals surface area contributed by atoms with Gasteiger partial charge < -0.3 is 9.47 Å². The molecule has 1 aliphatic carbocycles. The third kappa shape index (κ3) is 3.49. The van der Waals surface area contributed by atoms with Crippen LogP contribution in [-0.2, 0) is 14.8 Å². The monoisotopic (exact) mass is 478 g/mol. The van der Waals surface area contributed by atoms with Crippen LogP contribution in [0, 0.1) is 6.92 Å². The number of rotatable bonds is 4. The van der Waals surface area contributed by atoms with Crippen LogP contribution < -0.4 is 9.46 Å². The molecule has 1 saturated carbocycles. The van der Waals surface area contributed by atoms with E-state index < -0.39 is 10.0 Å². The van der Waals surface area contributed by atoms with Crippen molar-refractivity contribution < 1.29 is 17.9 Å². The Hall–Kier alpha value is -2.61. The van der Waals surface area contributed by atoms with Gasteiger partial charge in [0, 0.05) is 41.8 Å². The van der Waals surface area contributed by atoms with Gasteiger partial charge in [-0.15, -0.1) is 0 Å². The van der Waals surface area contributed by atoms with Crippen molar-refractivity contribution >= 4 is 26.5 Å².